The van der Waals surface area contributed by atoms with E-state index in [9.17, 15) is 22.4 Å². The second-order valence-electron chi connectivity index (χ2n) is 7.52. The summed E-state index contributed by atoms with van der Waals surface area (Å²) in [5.74, 6) is -1.83. The van der Waals surface area contributed by atoms with Crippen LogP contribution in [0.4, 0.5) is 10.1 Å². The van der Waals surface area contributed by atoms with Crippen molar-refractivity contribution in [3.05, 3.63) is 56.3 Å². The van der Waals surface area contributed by atoms with Gasteiger partial charge in [-0.05, 0) is 49.2 Å². The predicted octanol–water partition coefficient (Wildman–Crippen LogP) is 2.69. The lowest BCUT2D eigenvalue weighted by molar-refractivity contribution is -0.118. The van der Waals surface area contributed by atoms with Gasteiger partial charge in [-0.15, -0.1) is 11.3 Å². The largest absolute Gasteiger partial charge is 0.395 e. The van der Waals surface area contributed by atoms with Crippen molar-refractivity contribution in [2.45, 2.75) is 19.4 Å². The Morgan fingerprint density at radius 2 is 2.12 bits per heavy atom. The third kappa shape index (κ3) is 5.98. The molecule has 1 saturated heterocycles. The molecule has 0 bridgehead atoms. The third-order valence-corrected chi connectivity index (χ3v) is 7.72. The number of nitrogens with zero attached hydrogens (tertiary/aromatic N) is 2. The number of thiophene rings is 1. The van der Waals surface area contributed by atoms with E-state index in [1.807, 2.05) is 0 Å². The summed E-state index contributed by atoms with van der Waals surface area (Å²) >= 11 is 7.13. The molecule has 2 amide bonds. The minimum Gasteiger partial charge on any atom is -0.395 e. The molecule has 1 aromatic heterocycles. The van der Waals surface area contributed by atoms with Crippen LogP contribution in [0.2, 0.25) is 4.34 Å². The van der Waals surface area contributed by atoms with Crippen molar-refractivity contribution in [1.82, 2.24) is 9.62 Å². The van der Waals surface area contributed by atoms with Gasteiger partial charge in [-0.2, -0.15) is 4.72 Å². The first-order valence-electron chi connectivity index (χ1n) is 9.96. The number of aliphatic hydroxyl groups excluding tert-OH is 1. The lowest BCUT2D eigenvalue weighted by Crippen LogP contribution is -2.41. The van der Waals surface area contributed by atoms with Gasteiger partial charge in [-0.3, -0.25) is 9.59 Å². The maximum absolute atomic E-state index is 14.7. The number of hydrogen-bond donors (Lipinski definition) is 2. The number of hydrogen-bond acceptors (Lipinski definition) is 6. The predicted molar refractivity (Wildman–Crippen MR) is 126 cm³/mol. The fraction of sp³-hybridized carbons (Fsp3) is 0.333. The van der Waals surface area contributed by atoms with Crippen LogP contribution in [0.1, 0.15) is 28.6 Å². The molecule has 178 valence electrons. The molecule has 0 aliphatic carbocycles. The smallest absolute Gasteiger partial charge is 0.253 e. The van der Waals surface area contributed by atoms with E-state index in [1.165, 1.54) is 35.4 Å². The molecule has 2 N–H and O–H groups in total. The Labute approximate surface area is 200 Å². The second kappa shape index (κ2) is 10.3. The van der Waals surface area contributed by atoms with E-state index in [4.69, 9.17) is 16.7 Å². The minimum absolute atomic E-state index is 0.0389. The molecule has 1 aliphatic rings. The molecule has 0 radical (unpaired) electrons. The van der Waals surface area contributed by atoms with E-state index in [0.717, 1.165) is 16.4 Å². The van der Waals surface area contributed by atoms with Crippen molar-refractivity contribution < 1.29 is 27.5 Å². The summed E-state index contributed by atoms with van der Waals surface area (Å²) < 4.78 is 42.7. The zero-order valence-electron chi connectivity index (χ0n) is 17.9. The van der Waals surface area contributed by atoms with Crippen LogP contribution in [0.25, 0.3) is 5.57 Å². The molecule has 1 unspecified atom stereocenters. The quantitative estimate of drug-likeness (QED) is 0.562. The van der Waals surface area contributed by atoms with Gasteiger partial charge in [0.05, 0.1) is 22.0 Å². The summed E-state index contributed by atoms with van der Waals surface area (Å²) in [5, 5.41) is 9.98. The summed E-state index contributed by atoms with van der Waals surface area (Å²) in [5.41, 5.74) is 0.507. The van der Waals surface area contributed by atoms with E-state index in [0.29, 0.717) is 14.8 Å². The number of amides is 2. The standard InChI is InChI=1S/C21H23ClFN3O5S2/c1-13(18-5-6-19(22)32-18)12-33(30,31)24-16-7-8-26(21(16)29)17-4-3-14(11-15(17)23)20(28)25(2)9-10-27/h3-6,11-12,16,24,27H,7-10H2,1-2H3/b13-12+. The monoisotopic (exact) mass is 515 g/mol. The molecule has 0 saturated carbocycles. The SMILES string of the molecule is C/C(=C\S(=O)(=O)NC1CCN(c2ccc(C(=O)N(C)CCO)cc2F)C1=O)c1ccc(Cl)s1. The summed E-state index contributed by atoms with van der Waals surface area (Å²) in [4.78, 5) is 28.2. The molecular weight excluding hydrogens is 493 g/mol. The molecule has 1 aromatic carbocycles. The lowest BCUT2D eigenvalue weighted by atomic mass is 10.1. The molecule has 3 rings (SSSR count). The van der Waals surface area contributed by atoms with E-state index < -0.39 is 33.7 Å². The first-order valence-corrected chi connectivity index (χ1v) is 12.7. The Morgan fingerprint density at radius 1 is 1.39 bits per heavy atom. The first kappa shape index (κ1) is 25.3. The number of allylic oxidation sites excluding steroid dienone is 1. The van der Waals surface area contributed by atoms with Gasteiger partial charge in [0.25, 0.3) is 5.91 Å². The van der Waals surface area contributed by atoms with Crippen molar-refractivity contribution >= 4 is 56.0 Å². The summed E-state index contributed by atoms with van der Waals surface area (Å²) in [6.45, 7) is 1.62. The van der Waals surface area contributed by atoms with E-state index >= 15 is 0 Å². The van der Waals surface area contributed by atoms with Gasteiger partial charge in [0, 0.05) is 30.6 Å². The molecule has 12 heteroatoms. The number of rotatable bonds is 8. The number of benzene rings is 1. The van der Waals surface area contributed by atoms with Gasteiger partial charge in [0.2, 0.25) is 15.9 Å². The fourth-order valence-corrected chi connectivity index (χ4v) is 5.77. The molecule has 0 spiro atoms. The molecule has 33 heavy (non-hydrogen) atoms. The van der Waals surface area contributed by atoms with Gasteiger partial charge in [0.1, 0.15) is 11.9 Å². The van der Waals surface area contributed by atoms with Crippen LogP contribution in [-0.4, -0.2) is 63.0 Å². The number of carbonyl (C=O) groups excluding carboxylic acids is 2. The Morgan fingerprint density at radius 3 is 2.73 bits per heavy atom. The van der Waals surface area contributed by atoms with Crippen LogP contribution in [-0.2, 0) is 14.8 Å². The number of nitrogens with one attached hydrogen (secondary N) is 1. The summed E-state index contributed by atoms with van der Waals surface area (Å²) in [7, 11) is -2.46. The highest BCUT2D eigenvalue weighted by atomic mass is 35.5. The van der Waals surface area contributed by atoms with Crippen LogP contribution in [0, 0.1) is 5.82 Å². The van der Waals surface area contributed by atoms with Crippen LogP contribution >= 0.6 is 22.9 Å². The van der Waals surface area contributed by atoms with Gasteiger partial charge >= 0.3 is 0 Å². The van der Waals surface area contributed by atoms with E-state index in [-0.39, 0.29) is 37.4 Å². The van der Waals surface area contributed by atoms with Crippen molar-refractivity contribution in [3.8, 4) is 0 Å². The average Bonchev–Trinajstić information content (AvgIpc) is 3.33. The van der Waals surface area contributed by atoms with Gasteiger partial charge in [-0.25, -0.2) is 12.8 Å². The molecule has 2 aromatic rings. The Balaban J connectivity index is 1.72. The highest BCUT2D eigenvalue weighted by Crippen LogP contribution is 2.29. The Hall–Kier alpha value is -2.31. The molecule has 2 heterocycles. The normalized spacial score (nSPS) is 17.0. The highest BCUT2D eigenvalue weighted by molar-refractivity contribution is 7.92. The molecule has 8 nitrogen and oxygen atoms in total. The van der Waals surface area contributed by atoms with Crippen LogP contribution in [0.5, 0.6) is 0 Å². The maximum atomic E-state index is 14.7. The zero-order valence-corrected chi connectivity index (χ0v) is 20.3. The average molecular weight is 516 g/mol. The minimum atomic E-state index is -3.95. The van der Waals surface area contributed by atoms with Crippen molar-refractivity contribution in [1.29, 1.82) is 0 Å². The van der Waals surface area contributed by atoms with Crippen molar-refractivity contribution in [2.75, 3.05) is 31.6 Å². The van der Waals surface area contributed by atoms with Crippen LogP contribution in [0.3, 0.4) is 0 Å². The lowest BCUT2D eigenvalue weighted by Gasteiger charge is -2.20. The number of sulfonamides is 1. The molecule has 1 atom stereocenters. The highest BCUT2D eigenvalue weighted by Gasteiger charge is 2.36. The van der Waals surface area contributed by atoms with Gasteiger partial charge in [-0.1, -0.05) is 11.6 Å². The van der Waals surface area contributed by atoms with Gasteiger partial charge < -0.3 is 14.9 Å². The maximum Gasteiger partial charge on any atom is 0.253 e. The molecule has 1 fully saturated rings. The van der Waals surface area contributed by atoms with E-state index in [2.05, 4.69) is 4.72 Å². The Bertz CT molecular complexity index is 1200. The fourth-order valence-electron chi connectivity index (χ4n) is 3.41. The number of likely N-dealkylation sites (N-methyl/N-ethyl adjacent to an activating group) is 1. The third-order valence-electron chi connectivity index (χ3n) is 5.07. The van der Waals surface area contributed by atoms with Crippen LogP contribution < -0.4 is 9.62 Å². The van der Waals surface area contributed by atoms with Crippen molar-refractivity contribution in [2.24, 2.45) is 0 Å². The number of anilines is 1. The summed E-state index contributed by atoms with van der Waals surface area (Å²) in [6, 6.07) is 6.05. The number of halogens is 2. The zero-order chi connectivity index (χ0) is 24.3. The second-order valence-corrected chi connectivity index (χ2v) is 10.8. The van der Waals surface area contributed by atoms with Crippen LogP contribution in [0.15, 0.2) is 35.7 Å². The van der Waals surface area contributed by atoms with Gasteiger partial charge in [0.15, 0.2) is 0 Å². The Kier molecular flexibility index (Phi) is 7.91. The summed E-state index contributed by atoms with van der Waals surface area (Å²) in [6.07, 6.45) is 0.162. The van der Waals surface area contributed by atoms with Crippen molar-refractivity contribution in [3.63, 3.8) is 0 Å². The molecular formula is C21H23ClFN3O5S2. The number of carbonyl (C=O) groups is 2. The number of aliphatic hydroxyl groups is 1. The molecule has 1 aliphatic heterocycles. The topological polar surface area (TPSA) is 107 Å². The van der Waals surface area contributed by atoms with E-state index in [1.54, 1.807) is 19.1 Å². The first-order chi connectivity index (χ1) is 15.5.